The highest BCUT2D eigenvalue weighted by Gasteiger charge is 2.31. The van der Waals surface area contributed by atoms with Gasteiger partial charge < -0.3 is 19.9 Å². The molecule has 0 spiro atoms. The summed E-state index contributed by atoms with van der Waals surface area (Å²) < 4.78 is 38.5. The van der Waals surface area contributed by atoms with Crippen LogP contribution >= 0.6 is 0 Å². The van der Waals surface area contributed by atoms with Crippen LogP contribution in [0.4, 0.5) is 0 Å². The zero-order valence-corrected chi connectivity index (χ0v) is 23.6. The molecule has 0 bridgehead atoms. The van der Waals surface area contributed by atoms with E-state index in [0.717, 1.165) is 11.1 Å². The second-order valence-electron chi connectivity index (χ2n) is 9.71. The molecule has 0 aliphatic carbocycles. The summed E-state index contributed by atoms with van der Waals surface area (Å²) in [7, 11) is -0.949. The molecule has 0 fully saturated rings. The minimum atomic E-state index is -3.98. The van der Waals surface area contributed by atoms with Gasteiger partial charge in [0.15, 0.2) is 0 Å². The number of ether oxygens (including phenoxy) is 2. The van der Waals surface area contributed by atoms with Gasteiger partial charge in [-0.3, -0.25) is 4.79 Å². The molecule has 3 aromatic rings. The van der Waals surface area contributed by atoms with Crippen molar-refractivity contribution >= 4 is 15.9 Å². The molecule has 0 aliphatic heterocycles. The largest absolute Gasteiger partial charge is 0.497 e. The number of methoxy groups -OCH3 is 2. The van der Waals surface area contributed by atoms with Crippen LogP contribution in [0.1, 0.15) is 25.0 Å². The van der Waals surface area contributed by atoms with Crippen molar-refractivity contribution in [2.45, 2.75) is 43.7 Å². The first-order valence-electron chi connectivity index (χ1n) is 12.8. The summed E-state index contributed by atoms with van der Waals surface area (Å²) >= 11 is 0. The normalized spacial score (nSPS) is 13.2. The first-order chi connectivity index (χ1) is 18.6. The lowest BCUT2D eigenvalue weighted by molar-refractivity contribution is -0.122. The van der Waals surface area contributed by atoms with Crippen LogP contribution in [0.2, 0.25) is 0 Å². The smallest absolute Gasteiger partial charge is 0.244 e. The molecule has 210 valence electrons. The molecule has 0 unspecified atom stereocenters. The third kappa shape index (κ3) is 8.77. The molecule has 2 atom stereocenters. The van der Waals surface area contributed by atoms with Crippen molar-refractivity contribution in [2.24, 2.45) is 5.92 Å². The van der Waals surface area contributed by atoms with E-state index in [1.807, 2.05) is 44.2 Å². The number of benzene rings is 2. The van der Waals surface area contributed by atoms with Crippen molar-refractivity contribution in [1.82, 2.24) is 14.6 Å². The van der Waals surface area contributed by atoms with Crippen molar-refractivity contribution in [1.29, 1.82) is 0 Å². The maximum Gasteiger partial charge on any atom is 0.244 e. The van der Waals surface area contributed by atoms with Crippen LogP contribution in [0.3, 0.4) is 0 Å². The first-order valence-corrected chi connectivity index (χ1v) is 14.2. The maximum atomic E-state index is 13.5. The molecule has 1 heterocycles. The minimum Gasteiger partial charge on any atom is -0.497 e. The van der Waals surface area contributed by atoms with Crippen molar-refractivity contribution in [3.63, 3.8) is 0 Å². The number of pyridine rings is 1. The number of aliphatic hydroxyl groups excluding tert-OH is 1. The molecule has 0 aliphatic rings. The van der Waals surface area contributed by atoms with Gasteiger partial charge in [-0.2, -0.15) is 4.31 Å². The van der Waals surface area contributed by atoms with E-state index in [-0.39, 0.29) is 36.2 Å². The minimum absolute atomic E-state index is 0.000648. The second-order valence-corrected chi connectivity index (χ2v) is 11.6. The van der Waals surface area contributed by atoms with Crippen LogP contribution in [-0.4, -0.2) is 68.2 Å². The number of sulfonamides is 1. The number of aliphatic hydroxyl groups is 1. The second kappa shape index (κ2) is 14.1. The van der Waals surface area contributed by atoms with Crippen LogP contribution in [0.15, 0.2) is 77.8 Å². The Morgan fingerprint density at radius 1 is 0.949 bits per heavy atom. The molecule has 1 amide bonds. The monoisotopic (exact) mass is 555 g/mol. The summed E-state index contributed by atoms with van der Waals surface area (Å²) in [6.45, 7) is 3.79. The molecular weight excluding hydrogens is 518 g/mol. The van der Waals surface area contributed by atoms with Crippen LogP contribution in [0, 0.1) is 5.92 Å². The van der Waals surface area contributed by atoms with E-state index in [1.165, 1.54) is 29.7 Å². The Hall–Kier alpha value is -3.47. The van der Waals surface area contributed by atoms with E-state index in [0.29, 0.717) is 18.1 Å². The van der Waals surface area contributed by atoms with Crippen molar-refractivity contribution in [3.8, 4) is 11.6 Å². The van der Waals surface area contributed by atoms with Crippen LogP contribution in [0.25, 0.3) is 0 Å². The Balaban J connectivity index is 1.82. The molecule has 10 heteroatoms. The van der Waals surface area contributed by atoms with Crippen LogP contribution in [-0.2, 0) is 27.7 Å². The standard InChI is InChI=1S/C29H37N3O6S/c1-21(2)19-32(39(35,36)25-14-15-29(38-4)30-18-25)20-27(33)26(16-22-8-6-5-7-9-22)31-28(34)17-23-10-12-24(37-3)13-11-23/h5-15,18,21,26-27,33H,16-17,19-20H2,1-4H3,(H,31,34)/t26-,27+/m0/s1. The molecule has 9 nitrogen and oxygen atoms in total. The third-order valence-electron chi connectivity index (χ3n) is 6.15. The Morgan fingerprint density at radius 2 is 1.64 bits per heavy atom. The van der Waals surface area contributed by atoms with Gasteiger partial charge in [0.1, 0.15) is 10.6 Å². The number of carbonyl (C=O) groups is 1. The van der Waals surface area contributed by atoms with Gasteiger partial charge in [0.05, 0.1) is 39.0 Å². The average molecular weight is 556 g/mol. The zero-order chi connectivity index (χ0) is 28.4. The van der Waals surface area contributed by atoms with E-state index in [2.05, 4.69) is 10.3 Å². The Kier molecular flexibility index (Phi) is 10.8. The fraction of sp³-hybridized carbons (Fsp3) is 0.379. The van der Waals surface area contributed by atoms with Crippen LogP contribution in [0.5, 0.6) is 11.6 Å². The van der Waals surface area contributed by atoms with E-state index in [1.54, 1.807) is 31.4 Å². The summed E-state index contributed by atoms with van der Waals surface area (Å²) in [4.78, 5) is 17.0. The molecule has 0 saturated heterocycles. The number of aromatic nitrogens is 1. The van der Waals surface area contributed by atoms with Gasteiger partial charge in [0.2, 0.25) is 21.8 Å². The van der Waals surface area contributed by atoms with Gasteiger partial charge in [0, 0.05) is 19.2 Å². The third-order valence-corrected chi connectivity index (χ3v) is 7.96. The lowest BCUT2D eigenvalue weighted by atomic mass is 10.00. The predicted octanol–water partition coefficient (Wildman–Crippen LogP) is 3.08. The maximum absolute atomic E-state index is 13.5. The Bertz CT molecular complexity index is 1280. The predicted molar refractivity (Wildman–Crippen MR) is 149 cm³/mol. The summed E-state index contributed by atoms with van der Waals surface area (Å²) in [6.07, 6.45) is 0.500. The number of amides is 1. The molecule has 2 N–H and O–H groups in total. The SMILES string of the molecule is COc1ccc(CC(=O)N[C@@H](Cc2ccccc2)[C@H](O)CN(CC(C)C)S(=O)(=O)c2ccc(OC)nc2)cc1. The highest BCUT2D eigenvalue weighted by atomic mass is 32.2. The average Bonchev–Trinajstić information content (AvgIpc) is 2.93. The highest BCUT2D eigenvalue weighted by molar-refractivity contribution is 7.89. The topological polar surface area (TPSA) is 118 Å². The zero-order valence-electron chi connectivity index (χ0n) is 22.8. The molecular formula is C29H37N3O6S. The van der Waals surface area contributed by atoms with Gasteiger partial charge in [-0.25, -0.2) is 13.4 Å². The van der Waals surface area contributed by atoms with Crippen molar-refractivity contribution in [3.05, 3.63) is 84.1 Å². The highest BCUT2D eigenvalue weighted by Crippen LogP contribution is 2.20. The van der Waals surface area contributed by atoms with E-state index >= 15 is 0 Å². The molecule has 39 heavy (non-hydrogen) atoms. The molecule has 2 aromatic carbocycles. The molecule has 3 rings (SSSR count). The van der Waals surface area contributed by atoms with Gasteiger partial charge in [-0.15, -0.1) is 0 Å². The van der Waals surface area contributed by atoms with Gasteiger partial charge in [0.25, 0.3) is 0 Å². The lowest BCUT2D eigenvalue weighted by Crippen LogP contribution is -2.51. The summed E-state index contributed by atoms with van der Waals surface area (Å²) in [5.74, 6) is 0.704. The van der Waals surface area contributed by atoms with E-state index in [9.17, 15) is 18.3 Å². The number of hydrogen-bond donors (Lipinski definition) is 2. The number of hydrogen-bond acceptors (Lipinski definition) is 7. The number of nitrogens with one attached hydrogen (secondary N) is 1. The van der Waals surface area contributed by atoms with E-state index < -0.39 is 22.2 Å². The van der Waals surface area contributed by atoms with Crippen molar-refractivity contribution < 1.29 is 27.8 Å². The Morgan fingerprint density at radius 3 is 2.21 bits per heavy atom. The quantitative estimate of drug-likeness (QED) is 0.314. The number of nitrogens with zero attached hydrogens (tertiary/aromatic N) is 2. The lowest BCUT2D eigenvalue weighted by Gasteiger charge is -2.30. The molecule has 0 saturated carbocycles. The molecule has 0 radical (unpaired) electrons. The van der Waals surface area contributed by atoms with E-state index in [4.69, 9.17) is 9.47 Å². The molecule has 1 aromatic heterocycles. The summed E-state index contributed by atoms with van der Waals surface area (Å²) in [5, 5.41) is 14.3. The van der Waals surface area contributed by atoms with Crippen LogP contribution < -0.4 is 14.8 Å². The van der Waals surface area contributed by atoms with Gasteiger partial charge in [-0.05, 0) is 41.7 Å². The number of rotatable bonds is 14. The van der Waals surface area contributed by atoms with Gasteiger partial charge in [-0.1, -0.05) is 56.3 Å². The fourth-order valence-electron chi connectivity index (χ4n) is 4.14. The fourth-order valence-corrected chi connectivity index (χ4v) is 5.71. The summed E-state index contributed by atoms with van der Waals surface area (Å²) in [5.41, 5.74) is 1.70. The first kappa shape index (κ1) is 30.1. The Labute approximate surface area is 230 Å². The van der Waals surface area contributed by atoms with Gasteiger partial charge >= 0.3 is 0 Å². The van der Waals surface area contributed by atoms with Crippen molar-refractivity contribution in [2.75, 3.05) is 27.3 Å². The number of carbonyl (C=O) groups excluding carboxylic acids is 1. The summed E-state index contributed by atoms with van der Waals surface area (Å²) in [6, 6.07) is 18.8.